The molecule has 0 aliphatic carbocycles. The third kappa shape index (κ3) is 4.45. The largest absolute Gasteiger partial charge is 0.481 e. The van der Waals surface area contributed by atoms with Crippen LogP contribution in [0, 0.1) is 5.92 Å². The predicted octanol–water partition coefficient (Wildman–Crippen LogP) is 2.31. The molecule has 5 nitrogen and oxygen atoms in total. The number of hydrogen-bond donors (Lipinski definition) is 2. The van der Waals surface area contributed by atoms with Crippen molar-refractivity contribution in [3.05, 3.63) is 34.9 Å². The first-order valence-electron chi connectivity index (χ1n) is 7.49. The Morgan fingerprint density at radius 3 is 2.64 bits per heavy atom. The van der Waals surface area contributed by atoms with Gasteiger partial charge in [0.25, 0.3) is 0 Å². The summed E-state index contributed by atoms with van der Waals surface area (Å²) in [6, 6.07) is 7.38. The highest BCUT2D eigenvalue weighted by molar-refractivity contribution is 6.30. The molecule has 2 rings (SSSR count). The van der Waals surface area contributed by atoms with Crippen molar-refractivity contribution in [3.63, 3.8) is 0 Å². The van der Waals surface area contributed by atoms with E-state index in [4.69, 9.17) is 16.7 Å². The molecule has 1 saturated heterocycles. The fourth-order valence-electron chi connectivity index (χ4n) is 2.74. The second-order valence-corrected chi connectivity index (χ2v) is 6.08. The molecular weight excluding hydrogens is 304 g/mol. The van der Waals surface area contributed by atoms with E-state index in [1.54, 1.807) is 0 Å². The molecule has 1 aromatic carbocycles. The highest BCUT2D eigenvalue weighted by Crippen LogP contribution is 2.20. The molecule has 2 N–H and O–H groups in total. The Bertz CT molecular complexity index is 533. The van der Waals surface area contributed by atoms with Gasteiger partial charge < -0.3 is 10.4 Å². The Morgan fingerprint density at radius 2 is 2.09 bits per heavy atom. The molecule has 22 heavy (non-hydrogen) atoms. The van der Waals surface area contributed by atoms with Crippen LogP contribution in [0.5, 0.6) is 0 Å². The van der Waals surface area contributed by atoms with Gasteiger partial charge in [0, 0.05) is 11.6 Å². The lowest BCUT2D eigenvalue weighted by Crippen LogP contribution is -2.38. The summed E-state index contributed by atoms with van der Waals surface area (Å²) >= 11 is 5.88. The van der Waals surface area contributed by atoms with Crippen molar-refractivity contribution in [1.82, 2.24) is 10.2 Å². The fourth-order valence-corrected chi connectivity index (χ4v) is 2.86. The van der Waals surface area contributed by atoms with E-state index in [-0.39, 0.29) is 24.4 Å². The van der Waals surface area contributed by atoms with Crippen molar-refractivity contribution >= 4 is 23.5 Å². The number of nitrogens with one attached hydrogen (secondary N) is 1. The molecule has 1 fully saturated rings. The van der Waals surface area contributed by atoms with E-state index < -0.39 is 5.97 Å². The first-order valence-corrected chi connectivity index (χ1v) is 7.87. The third-order valence-corrected chi connectivity index (χ3v) is 4.26. The Labute approximate surface area is 135 Å². The molecule has 0 aromatic heterocycles. The van der Waals surface area contributed by atoms with Crippen LogP contribution >= 0.6 is 11.6 Å². The maximum absolute atomic E-state index is 12.2. The van der Waals surface area contributed by atoms with Gasteiger partial charge >= 0.3 is 5.97 Å². The maximum Gasteiger partial charge on any atom is 0.307 e. The van der Waals surface area contributed by atoms with Gasteiger partial charge in [-0.3, -0.25) is 14.5 Å². The van der Waals surface area contributed by atoms with E-state index in [0.29, 0.717) is 24.5 Å². The second kappa shape index (κ2) is 7.61. The minimum absolute atomic E-state index is 0.0531. The number of amides is 1. The number of carboxylic acid groups (broad SMARTS) is 1. The zero-order valence-electron chi connectivity index (χ0n) is 12.6. The summed E-state index contributed by atoms with van der Waals surface area (Å²) in [4.78, 5) is 25.0. The van der Waals surface area contributed by atoms with Crippen LogP contribution in [0.25, 0.3) is 0 Å². The van der Waals surface area contributed by atoms with Crippen molar-refractivity contribution in [3.8, 4) is 0 Å². The van der Waals surface area contributed by atoms with Crippen LogP contribution in [0.1, 0.15) is 31.4 Å². The predicted molar refractivity (Wildman–Crippen MR) is 84.8 cm³/mol. The van der Waals surface area contributed by atoms with E-state index >= 15 is 0 Å². The lowest BCUT2D eigenvalue weighted by Gasteiger charge is -2.20. The topological polar surface area (TPSA) is 69.6 Å². The molecule has 1 amide bonds. The Balaban J connectivity index is 1.87. The molecule has 2 unspecified atom stereocenters. The van der Waals surface area contributed by atoms with E-state index in [1.807, 2.05) is 36.1 Å². The van der Waals surface area contributed by atoms with Crippen LogP contribution in [-0.4, -0.2) is 41.5 Å². The Morgan fingerprint density at radius 1 is 1.41 bits per heavy atom. The van der Waals surface area contributed by atoms with Gasteiger partial charge in [-0.15, -0.1) is 0 Å². The average Bonchev–Trinajstić information content (AvgIpc) is 2.94. The first kappa shape index (κ1) is 16.8. The minimum Gasteiger partial charge on any atom is -0.481 e. The Hall–Kier alpha value is -1.59. The molecule has 2 atom stereocenters. The smallest absolute Gasteiger partial charge is 0.307 e. The summed E-state index contributed by atoms with van der Waals surface area (Å²) in [6.07, 6.45) is 1.39. The lowest BCUT2D eigenvalue weighted by atomic mass is 10.0. The zero-order valence-corrected chi connectivity index (χ0v) is 13.3. The zero-order chi connectivity index (χ0) is 16.1. The van der Waals surface area contributed by atoms with Gasteiger partial charge in [-0.25, -0.2) is 0 Å². The molecule has 1 aliphatic rings. The number of carbonyl (C=O) groups excluding carboxylic acids is 1. The molecular formula is C16H21ClN2O3. The second-order valence-electron chi connectivity index (χ2n) is 5.64. The Kier molecular flexibility index (Phi) is 5.80. The van der Waals surface area contributed by atoms with Crippen LogP contribution in [0.4, 0.5) is 0 Å². The summed E-state index contributed by atoms with van der Waals surface area (Å²) in [5, 5.41) is 12.7. The van der Waals surface area contributed by atoms with Crippen LogP contribution in [0.2, 0.25) is 5.02 Å². The normalized spacial score (nSPS) is 19.8. The molecule has 1 heterocycles. The number of carbonyl (C=O) groups is 2. The highest BCUT2D eigenvalue weighted by Gasteiger charge is 2.29. The number of halogens is 1. The molecule has 6 heteroatoms. The number of nitrogens with zero attached hydrogens (tertiary/aromatic N) is 1. The molecule has 1 aliphatic heterocycles. The van der Waals surface area contributed by atoms with Gasteiger partial charge in [0.1, 0.15) is 0 Å². The highest BCUT2D eigenvalue weighted by atomic mass is 35.5. The van der Waals surface area contributed by atoms with Crippen molar-refractivity contribution in [2.75, 3.05) is 19.6 Å². The van der Waals surface area contributed by atoms with Gasteiger partial charge in [-0.1, -0.05) is 30.7 Å². The molecule has 0 saturated carbocycles. The monoisotopic (exact) mass is 324 g/mol. The van der Waals surface area contributed by atoms with Gasteiger partial charge in [0.15, 0.2) is 0 Å². The van der Waals surface area contributed by atoms with Crippen molar-refractivity contribution in [1.29, 1.82) is 0 Å². The number of benzene rings is 1. The van der Waals surface area contributed by atoms with Crippen molar-refractivity contribution < 1.29 is 14.7 Å². The minimum atomic E-state index is -0.782. The summed E-state index contributed by atoms with van der Waals surface area (Å²) in [5.41, 5.74) is 1.02. The third-order valence-electron chi connectivity index (χ3n) is 4.00. The molecule has 1 aromatic rings. The maximum atomic E-state index is 12.2. The standard InChI is InChI=1S/C16H21ClN2O3/c1-2-14(11-3-5-13(17)6-4-11)18-15(20)10-19-8-7-12(9-19)16(21)22/h3-6,12,14H,2,7-10H2,1H3,(H,18,20)(H,21,22). The molecule has 0 bridgehead atoms. The van der Waals surface area contributed by atoms with Gasteiger partial charge in [0.2, 0.25) is 5.91 Å². The lowest BCUT2D eigenvalue weighted by molar-refractivity contribution is -0.141. The average molecular weight is 325 g/mol. The number of likely N-dealkylation sites (tertiary alicyclic amines) is 1. The van der Waals surface area contributed by atoms with Crippen LogP contribution in [0.3, 0.4) is 0 Å². The first-order chi connectivity index (χ1) is 10.5. The van der Waals surface area contributed by atoms with Crippen LogP contribution in [0.15, 0.2) is 24.3 Å². The summed E-state index contributed by atoms with van der Waals surface area (Å²) in [5.74, 6) is -1.21. The summed E-state index contributed by atoms with van der Waals surface area (Å²) < 4.78 is 0. The SMILES string of the molecule is CCC(NC(=O)CN1CCC(C(=O)O)C1)c1ccc(Cl)cc1. The quantitative estimate of drug-likeness (QED) is 0.842. The number of carboxylic acids is 1. The molecule has 0 spiro atoms. The van der Waals surface area contributed by atoms with Gasteiger partial charge in [-0.2, -0.15) is 0 Å². The van der Waals surface area contributed by atoms with Crippen molar-refractivity contribution in [2.45, 2.75) is 25.8 Å². The molecule has 0 radical (unpaired) electrons. The summed E-state index contributed by atoms with van der Waals surface area (Å²) in [7, 11) is 0. The number of rotatable bonds is 6. The molecule has 120 valence electrons. The van der Waals surface area contributed by atoms with Gasteiger partial charge in [0.05, 0.1) is 18.5 Å². The van der Waals surface area contributed by atoms with Crippen LogP contribution < -0.4 is 5.32 Å². The van der Waals surface area contributed by atoms with E-state index in [1.165, 1.54) is 0 Å². The van der Waals surface area contributed by atoms with Crippen LogP contribution in [-0.2, 0) is 9.59 Å². The van der Waals surface area contributed by atoms with Crippen molar-refractivity contribution in [2.24, 2.45) is 5.92 Å². The van der Waals surface area contributed by atoms with E-state index in [9.17, 15) is 9.59 Å². The number of aliphatic carboxylic acids is 1. The van der Waals surface area contributed by atoms with E-state index in [0.717, 1.165) is 12.0 Å². The number of hydrogen-bond acceptors (Lipinski definition) is 3. The fraction of sp³-hybridized carbons (Fsp3) is 0.500. The summed E-state index contributed by atoms with van der Waals surface area (Å²) in [6.45, 7) is 3.35. The van der Waals surface area contributed by atoms with Gasteiger partial charge in [-0.05, 0) is 37.1 Å². The van der Waals surface area contributed by atoms with E-state index in [2.05, 4.69) is 5.32 Å².